The van der Waals surface area contributed by atoms with E-state index in [0.29, 0.717) is 5.56 Å². The Bertz CT molecular complexity index is 1140. The lowest BCUT2D eigenvalue weighted by Crippen LogP contribution is -2.35. The van der Waals surface area contributed by atoms with Gasteiger partial charge in [0.05, 0.1) is 28.5 Å². The molecule has 0 aliphatic carbocycles. The molecule has 5 heteroatoms. The van der Waals surface area contributed by atoms with Crippen molar-refractivity contribution in [2.45, 2.75) is 19.3 Å². The zero-order chi connectivity index (χ0) is 18.2. The van der Waals surface area contributed by atoms with Crippen LogP contribution in [0.5, 0.6) is 0 Å². The number of benzene rings is 1. The predicted molar refractivity (Wildman–Crippen MR) is 106 cm³/mol. The van der Waals surface area contributed by atoms with Crippen molar-refractivity contribution in [1.29, 1.82) is 0 Å². The first kappa shape index (κ1) is 16.0. The zero-order valence-corrected chi connectivity index (χ0v) is 15.0. The lowest BCUT2D eigenvalue weighted by atomic mass is 10.1. The number of pyridine rings is 2. The SMILES string of the molecule is O=C(c1cnn2c(-c3ccc4ncccc4c3)cccc12)N1CCCCC1. The molecule has 5 nitrogen and oxygen atoms in total. The van der Waals surface area contributed by atoms with Crippen LogP contribution in [-0.2, 0) is 0 Å². The van der Waals surface area contributed by atoms with E-state index in [9.17, 15) is 4.79 Å². The summed E-state index contributed by atoms with van der Waals surface area (Å²) in [5.41, 5.74) is 4.53. The van der Waals surface area contributed by atoms with Crippen LogP contribution in [0.25, 0.3) is 27.7 Å². The van der Waals surface area contributed by atoms with E-state index >= 15 is 0 Å². The van der Waals surface area contributed by atoms with Gasteiger partial charge in [-0.15, -0.1) is 0 Å². The molecule has 0 bridgehead atoms. The molecule has 1 amide bonds. The van der Waals surface area contributed by atoms with Gasteiger partial charge in [0.1, 0.15) is 0 Å². The van der Waals surface area contributed by atoms with Gasteiger partial charge in [-0.2, -0.15) is 5.10 Å². The molecular weight excluding hydrogens is 336 g/mol. The minimum absolute atomic E-state index is 0.0876. The monoisotopic (exact) mass is 356 g/mol. The number of likely N-dealkylation sites (tertiary alicyclic amines) is 1. The van der Waals surface area contributed by atoms with E-state index in [4.69, 9.17) is 0 Å². The quantitative estimate of drug-likeness (QED) is 0.541. The van der Waals surface area contributed by atoms with Gasteiger partial charge in [0.25, 0.3) is 5.91 Å². The van der Waals surface area contributed by atoms with Gasteiger partial charge in [-0.25, -0.2) is 4.52 Å². The van der Waals surface area contributed by atoms with Crippen LogP contribution < -0.4 is 0 Å². The molecule has 4 heterocycles. The number of aromatic nitrogens is 3. The maximum absolute atomic E-state index is 13.0. The molecule has 1 aliphatic rings. The molecule has 1 aromatic carbocycles. The van der Waals surface area contributed by atoms with Crippen LogP contribution in [0, 0.1) is 0 Å². The number of fused-ring (bicyclic) bond motifs is 2. The number of hydrogen-bond acceptors (Lipinski definition) is 3. The summed E-state index contributed by atoms with van der Waals surface area (Å²) in [5, 5.41) is 5.63. The molecule has 0 spiro atoms. The van der Waals surface area contributed by atoms with Crippen LogP contribution in [0.15, 0.2) is 60.9 Å². The second-order valence-electron chi connectivity index (χ2n) is 7.03. The number of carbonyl (C=O) groups is 1. The smallest absolute Gasteiger partial charge is 0.257 e. The first-order chi connectivity index (χ1) is 13.3. The Labute approximate surface area is 157 Å². The molecule has 0 unspecified atom stereocenters. The first-order valence-corrected chi connectivity index (χ1v) is 9.42. The van der Waals surface area contributed by atoms with E-state index in [-0.39, 0.29) is 5.91 Å². The van der Waals surface area contributed by atoms with Crippen LogP contribution in [0.2, 0.25) is 0 Å². The molecule has 27 heavy (non-hydrogen) atoms. The highest BCUT2D eigenvalue weighted by molar-refractivity contribution is 6.01. The van der Waals surface area contributed by atoms with Crippen molar-refractivity contribution in [2.75, 3.05) is 13.1 Å². The number of piperidine rings is 1. The molecule has 134 valence electrons. The van der Waals surface area contributed by atoms with Gasteiger partial charge in [0.2, 0.25) is 0 Å². The minimum atomic E-state index is 0.0876. The Balaban J connectivity index is 1.59. The van der Waals surface area contributed by atoms with E-state index in [1.54, 1.807) is 12.4 Å². The highest BCUT2D eigenvalue weighted by Gasteiger charge is 2.22. The van der Waals surface area contributed by atoms with E-state index in [0.717, 1.165) is 53.6 Å². The standard InChI is InChI=1S/C22H20N4O/c27-22(25-12-2-1-3-13-25)18-15-24-26-20(7-4-8-21(18)26)17-9-10-19-16(14-17)6-5-11-23-19/h4-11,14-15H,1-3,12-13H2. The van der Waals surface area contributed by atoms with E-state index in [2.05, 4.69) is 28.3 Å². The van der Waals surface area contributed by atoms with E-state index < -0.39 is 0 Å². The topological polar surface area (TPSA) is 50.5 Å². The van der Waals surface area contributed by atoms with Crippen LogP contribution in [0.1, 0.15) is 29.6 Å². The third kappa shape index (κ3) is 2.76. The van der Waals surface area contributed by atoms with E-state index in [1.165, 1.54) is 6.42 Å². The normalized spacial score (nSPS) is 14.7. The van der Waals surface area contributed by atoms with Crippen molar-refractivity contribution in [2.24, 2.45) is 0 Å². The molecule has 3 aromatic heterocycles. The van der Waals surface area contributed by atoms with Crippen molar-refractivity contribution in [3.8, 4) is 11.3 Å². The number of nitrogens with zero attached hydrogens (tertiary/aromatic N) is 4. The molecule has 4 aromatic rings. The van der Waals surface area contributed by atoms with Crippen molar-refractivity contribution >= 4 is 22.3 Å². The zero-order valence-electron chi connectivity index (χ0n) is 15.0. The summed E-state index contributed by atoms with van der Waals surface area (Å²) in [6.07, 6.45) is 6.88. The van der Waals surface area contributed by atoms with Gasteiger partial charge >= 0.3 is 0 Å². The van der Waals surface area contributed by atoms with Gasteiger partial charge in [-0.3, -0.25) is 9.78 Å². The summed E-state index contributed by atoms with van der Waals surface area (Å²) in [7, 11) is 0. The van der Waals surface area contributed by atoms with Gasteiger partial charge in [0.15, 0.2) is 0 Å². The van der Waals surface area contributed by atoms with Gasteiger partial charge in [0, 0.05) is 30.2 Å². The molecule has 0 N–H and O–H groups in total. The largest absolute Gasteiger partial charge is 0.339 e. The highest BCUT2D eigenvalue weighted by atomic mass is 16.2. The molecular formula is C22H20N4O. The average Bonchev–Trinajstić information content (AvgIpc) is 3.18. The summed E-state index contributed by atoms with van der Waals surface area (Å²) in [4.78, 5) is 19.3. The highest BCUT2D eigenvalue weighted by Crippen LogP contribution is 2.26. The number of amides is 1. The number of hydrogen-bond donors (Lipinski definition) is 0. The average molecular weight is 356 g/mol. The second-order valence-corrected chi connectivity index (χ2v) is 7.03. The Morgan fingerprint density at radius 3 is 2.74 bits per heavy atom. The molecule has 1 fully saturated rings. The van der Waals surface area contributed by atoms with Crippen molar-refractivity contribution in [1.82, 2.24) is 19.5 Å². The van der Waals surface area contributed by atoms with Gasteiger partial charge in [-0.1, -0.05) is 18.2 Å². The van der Waals surface area contributed by atoms with Crippen LogP contribution in [0.4, 0.5) is 0 Å². The Kier molecular flexibility index (Phi) is 3.85. The van der Waals surface area contributed by atoms with Crippen LogP contribution >= 0.6 is 0 Å². The molecule has 0 radical (unpaired) electrons. The molecule has 1 saturated heterocycles. The summed E-state index contributed by atoms with van der Waals surface area (Å²) in [6.45, 7) is 1.68. The van der Waals surface area contributed by atoms with Crippen LogP contribution in [-0.4, -0.2) is 38.5 Å². The molecule has 5 rings (SSSR count). The Morgan fingerprint density at radius 1 is 0.963 bits per heavy atom. The summed E-state index contributed by atoms with van der Waals surface area (Å²) >= 11 is 0. The maximum atomic E-state index is 13.0. The van der Waals surface area contributed by atoms with Crippen molar-refractivity contribution in [3.05, 3.63) is 66.5 Å². The molecule has 0 atom stereocenters. The third-order valence-electron chi connectivity index (χ3n) is 5.32. The summed E-state index contributed by atoms with van der Waals surface area (Å²) in [5.74, 6) is 0.0876. The lowest BCUT2D eigenvalue weighted by Gasteiger charge is -2.26. The fourth-order valence-electron chi connectivity index (χ4n) is 3.90. The molecule has 1 aliphatic heterocycles. The minimum Gasteiger partial charge on any atom is -0.339 e. The summed E-state index contributed by atoms with van der Waals surface area (Å²) < 4.78 is 1.87. The van der Waals surface area contributed by atoms with Crippen molar-refractivity contribution in [3.63, 3.8) is 0 Å². The first-order valence-electron chi connectivity index (χ1n) is 9.42. The Morgan fingerprint density at radius 2 is 1.85 bits per heavy atom. The number of carbonyl (C=O) groups excluding carboxylic acids is 1. The second kappa shape index (κ2) is 6.50. The summed E-state index contributed by atoms with van der Waals surface area (Å²) in [6, 6.07) is 16.2. The van der Waals surface area contributed by atoms with Gasteiger partial charge in [-0.05, 0) is 49.6 Å². The molecule has 0 saturated carbocycles. The number of rotatable bonds is 2. The fourth-order valence-corrected chi connectivity index (χ4v) is 3.90. The Hall–Kier alpha value is -3.21. The maximum Gasteiger partial charge on any atom is 0.257 e. The van der Waals surface area contributed by atoms with Gasteiger partial charge < -0.3 is 4.90 Å². The predicted octanol–water partition coefficient (Wildman–Crippen LogP) is 4.18. The third-order valence-corrected chi connectivity index (χ3v) is 5.32. The fraction of sp³-hybridized carbons (Fsp3) is 0.227. The van der Waals surface area contributed by atoms with E-state index in [1.807, 2.05) is 39.7 Å². The van der Waals surface area contributed by atoms with Crippen LogP contribution in [0.3, 0.4) is 0 Å². The lowest BCUT2D eigenvalue weighted by molar-refractivity contribution is 0.0726. The van der Waals surface area contributed by atoms with Crippen molar-refractivity contribution < 1.29 is 4.79 Å².